The van der Waals surface area contributed by atoms with Gasteiger partial charge in [-0.1, -0.05) is 72.8 Å². The zero-order valence-electron chi connectivity index (χ0n) is 32.1. The van der Waals surface area contributed by atoms with E-state index in [0.717, 1.165) is 67.5 Å². The van der Waals surface area contributed by atoms with Crippen LogP contribution in [-0.2, 0) is 11.3 Å². The fourth-order valence-electron chi connectivity index (χ4n) is 7.55. The molecule has 0 radical (unpaired) electrons. The molecule has 0 aliphatic carbocycles. The zero-order valence-corrected chi connectivity index (χ0v) is 33.7. The second kappa shape index (κ2) is 15.9. The number of benzene rings is 4. The maximum absolute atomic E-state index is 12.3. The van der Waals surface area contributed by atoms with Crippen LogP contribution in [0, 0.1) is 0 Å². The van der Waals surface area contributed by atoms with E-state index in [1.165, 1.54) is 33.7 Å². The van der Waals surface area contributed by atoms with E-state index in [1.807, 2.05) is 0 Å². The molecule has 0 saturated heterocycles. The van der Waals surface area contributed by atoms with Crippen LogP contribution in [-0.4, -0.2) is 36.2 Å². The molecule has 10 aromatic rings. The van der Waals surface area contributed by atoms with Crippen LogP contribution >= 0.6 is 22.7 Å². The van der Waals surface area contributed by atoms with Crippen molar-refractivity contribution in [3.8, 4) is 65.6 Å². The van der Waals surface area contributed by atoms with Gasteiger partial charge in [0.05, 0.1) is 10.6 Å². The molecule has 10 nitrogen and oxygen atoms in total. The summed E-state index contributed by atoms with van der Waals surface area (Å²) < 4.78 is 8.34. The van der Waals surface area contributed by atoms with E-state index in [1.54, 1.807) is 22.7 Å². The number of hydrogen-bond donors (Lipinski definition) is 2. The highest BCUT2D eigenvalue weighted by Crippen LogP contribution is 2.45. The van der Waals surface area contributed by atoms with Crippen LogP contribution in [0.5, 0.6) is 11.8 Å². The van der Waals surface area contributed by atoms with Gasteiger partial charge in [0, 0.05) is 58.0 Å². The molecule has 0 saturated carbocycles. The van der Waals surface area contributed by atoms with Crippen molar-refractivity contribution in [2.45, 2.75) is 32.2 Å². The first kappa shape index (κ1) is 37.1. The Hall–Kier alpha value is -7.15. The fraction of sp³-hybridized carbons (Fsp3) is 0.104. The summed E-state index contributed by atoms with van der Waals surface area (Å²) >= 11 is 3.31. The normalized spacial score (nSPS) is 11.5. The number of aromatic nitrogens is 5. The van der Waals surface area contributed by atoms with E-state index < -0.39 is 5.97 Å². The fourth-order valence-corrected chi connectivity index (χ4v) is 9.51. The van der Waals surface area contributed by atoms with Gasteiger partial charge in [-0.05, 0) is 97.1 Å². The van der Waals surface area contributed by atoms with E-state index in [0.29, 0.717) is 27.9 Å². The summed E-state index contributed by atoms with van der Waals surface area (Å²) in [5, 5.41) is 35.4. The highest BCUT2D eigenvalue weighted by molar-refractivity contribution is 7.18. The summed E-state index contributed by atoms with van der Waals surface area (Å²) in [6.07, 6.45) is 6.50. The van der Waals surface area contributed by atoms with Crippen molar-refractivity contribution < 1.29 is 29.0 Å². The van der Waals surface area contributed by atoms with E-state index in [-0.39, 0.29) is 18.2 Å². The van der Waals surface area contributed by atoms with Crippen molar-refractivity contribution in [1.82, 2.24) is 20.0 Å². The van der Waals surface area contributed by atoms with Crippen molar-refractivity contribution in [1.29, 1.82) is 0 Å². The first-order chi connectivity index (χ1) is 29.4. The predicted octanol–water partition coefficient (Wildman–Crippen LogP) is 11.1. The van der Waals surface area contributed by atoms with Gasteiger partial charge in [-0.2, -0.15) is 0 Å². The summed E-state index contributed by atoms with van der Waals surface area (Å²) in [5.41, 5.74) is 7.94. The lowest BCUT2D eigenvalue weighted by Crippen LogP contribution is -2.32. The molecular weight excluding hydrogens is 791 g/mol. The van der Waals surface area contributed by atoms with Gasteiger partial charge in [0.2, 0.25) is 11.8 Å². The summed E-state index contributed by atoms with van der Waals surface area (Å²) in [7, 11) is 0. The summed E-state index contributed by atoms with van der Waals surface area (Å²) in [5.74, 6) is -1.20. The lowest BCUT2D eigenvalue weighted by atomic mass is 10.00. The lowest BCUT2D eigenvalue weighted by Gasteiger charge is -2.10. The number of rotatable bonds is 12. The number of aryl methyl sites for hydroxylation is 1. The smallest absolute Gasteiger partial charge is 0.333 e. The van der Waals surface area contributed by atoms with Crippen molar-refractivity contribution in [2.75, 3.05) is 0 Å². The van der Waals surface area contributed by atoms with E-state index in [2.05, 4.69) is 148 Å². The Morgan fingerprint density at radius 1 is 0.633 bits per heavy atom. The van der Waals surface area contributed by atoms with Gasteiger partial charge in [-0.15, -0.1) is 27.4 Å². The minimum atomic E-state index is -0.529. The van der Waals surface area contributed by atoms with Crippen molar-refractivity contribution in [2.24, 2.45) is 0 Å². The third kappa shape index (κ3) is 7.27. The first-order valence-electron chi connectivity index (χ1n) is 19.6. The Morgan fingerprint density at radius 2 is 1.30 bits per heavy atom. The molecular formula is C48H36N5O5S2+. The molecule has 0 fully saturated rings. The highest BCUT2D eigenvalue weighted by Gasteiger charge is 2.25. The molecule has 60 heavy (non-hydrogen) atoms. The molecule has 2 N–H and O–H groups in total. The standard InChI is InChI=1S/C48H35N5O5S2/c54-41-19-20-42(55)53(41)57-43(56)12-2-1-7-23-52-24-21-32(22-25-52)45-44(40-28-37(29-59-40)35-15-13-30-8-3-5-10-33(30)26-35)47-48(51-58-50-47)46(49-45)39-18-17-38(60-39)36-16-14-31-9-4-6-11-34(31)27-36/h3-6,8-11,13-22,24-29,50H,1-2,7,12,23H2/p+1. The van der Waals surface area contributed by atoms with Crippen molar-refractivity contribution in [3.05, 3.63) is 145 Å². The molecule has 0 atom stereocenters. The number of carbonyl (C=O) groups is 1. The molecule has 0 spiro atoms. The van der Waals surface area contributed by atoms with Crippen LogP contribution in [0.25, 0.3) is 86.4 Å². The van der Waals surface area contributed by atoms with Gasteiger partial charge in [0.25, 0.3) is 0 Å². The zero-order chi connectivity index (χ0) is 40.6. The maximum atomic E-state index is 12.3. The van der Waals surface area contributed by atoms with Crippen molar-refractivity contribution >= 4 is 61.2 Å². The molecule has 0 unspecified atom stereocenters. The molecule has 0 aliphatic rings. The summed E-state index contributed by atoms with van der Waals surface area (Å²) in [6, 6.07) is 43.0. The van der Waals surface area contributed by atoms with Gasteiger partial charge in [-0.25, -0.2) is 19.0 Å². The Kier molecular flexibility index (Phi) is 9.84. The predicted molar refractivity (Wildman–Crippen MR) is 236 cm³/mol. The van der Waals surface area contributed by atoms with Crippen LogP contribution in [0.15, 0.2) is 150 Å². The SMILES string of the molecule is O=C(CCCCC[n+]1ccc(-c2nc(-c3ccc(-c4ccc5ccccc5c4)s3)c3nonc3c2-c2cc(-c3ccc4ccccc4c3)cs2)cc1)On1c(O)ccc1O. The molecule has 4 aromatic carbocycles. The summed E-state index contributed by atoms with van der Waals surface area (Å²) in [6.45, 7) is 0.749. The average Bonchev–Trinajstić information content (AvgIpc) is 4.13. The number of nitrogens with zero attached hydrogens (tertiary/aromatic N) is 5. The average molecular weight is 827 g/mol. The van der Waals surface area contributed by atoms with E-state index in [9.17, 15) is 15.0 Å². The second-order valence-corrected chi connectivity index (χ2v) is 16.6. The molecule has 294 valence electrons. The molecule has 0 bridgehead atoms. The van der Waals surface area contributed by atoms with E-state index in [4.69, 9.17) is 14.5 Å². The summed E-state index contributed by atoms with van der Waals surface area (Å²) in [4.78, 5) is 25.8. The monoisotopic (exact) mass is 826 g/mol. The number of unbranched alkanes of at least 4 members (excludes halogenated alkanes) is 2. The van der Waals surface area contributed by atoms with Crippen LogP contribution in [0.2, 0.25) is 0 Å². The lowest BCUT2D eigenvalue weighted by molar-refractivity contribution is -0.697. The minimum Gasteiger partial charge on any atom is -0.492 e. The topological polar surface area (TPSA) is 127 Å². The van der Waals surface area contributed by atoms with Crippen LogP contribution in [0.4, 0.5) is 0 Å². The number of aromatic hydroxyl groups is 2. The molecule has 12 heteroatoms. The van der Waals surface area contributed by atoms with Gasteiger partial charge < -0.3 is 15.1 Å². The molecule has 0 aliphatic heterocycles. The number of thiophene rings is 2. The first-order valence-corrected chi connectivity index (χ1v) is 21.3. The number of fused-ring (bicyclic) bond motifs is 3. The minimum absolute atomic E-state index is 0.163. The van der Waals surface area contributed by atoms with Gasteiger partial charge in [0.15, 0.2) is 17.9 Å². The number of hydrogen-bond acceptors (Lipinski definition) is 10. The Balaban J connectivity index is 0.958. The Morgan fingerprint density at radius 3 is 2.05 bits per heavy atom. The quantitative estimate of drug-likeness (QED) is 0.0921. The molecule has 0 amide bonds. The van der Waals surface area contributed by atoms with Gasteiger partial charge >= 0.3 is 5.97 Å². The maximum Gasteiger partial charge on any atom is 0.333 e. The molecule has 6 aromatic heterocycles. The number of carbonyl (C=O) groups excluding carboxylic acids is 1. The van der Waals surface area contributed by atoms with E-state index >= 15 is 0 Å². The van der Waals surface area contributed by atoms with Crippen LogP contribution in [0.1, 0.15) is 25.7 Å². The third-order valence-electron chi connectivity index (χ3n) is 10.7. The Bertz CT molecular complexity index is 3160. The largest absolute Gasteiger partial charge is 0.492 e. The van der Waals surface area contributed by atoms with Gasteiger partial charge in [0.1, 0.15) is 17.8 Å². The highest BCUT2D eigenvalue weighted by atomic mass is 32.1. The second-order valence-electron chi connectivity index (χ2n) is 14.6. The van der Waals surface area contributed by atoms with Crippen LogP contribution in [0.3, 0.4) is 0 Å². The molecule has 6 heterocycles. The molecule has 10 rings (SSSR count). The number of pyridine rings is 2. The third-order valence-corrected chi connectivity index (χ3v) is 12.8. The van der Waals surface area contributed by atoms with Gasteiger partial charge in [-0.3, -0.25) is 0 Å². The van der Waals surface area contributed by atoms with Crippen LogP contribution < -0.4 is 9.40 Å². The van der Waals surface area contributed by atoms with Crippen molar-refractivity contribution in [3.63, 3.8) is 0 Å². The Labute approximate surface area is 351 Å².